The van der Waals surface area contributed by atoms with E-state index in [-0.39, 0.29) is 0 Å². The molecule has 0 aromatic carbocycles. The molecule has 0 radical (unpaired) electrons. The second kappa shape index (κ2) is 3.52. The number of rotatable bonds is 2. The van der Waals surface area contributed by atoms with Gasteiger partial charge >= 0.3 is 0 Å². The standard InChI is InChI=1S/C10H17N3/c1-12-6-4-10(8-12)13-5-2-3-9(13)7-11/h2-3,5,10H,4,6-8,11H2,1H3. The van der Waals surface area contributed by atoms with E-state index in [0.717, 1.165) is 6.54 Å². The number of likely N-dealkylation sites (tertiary alicyclic amines) is 1. The quantitative estimate of drug-likeness (QED) is 0.729. The van der Waals surface area contributed by atoms with Crippen molar-refractivity contribution in [2.75, 3.05) is 20.1 Å². The van der Waals surface area contributed by atoms with Gasteiger partial charge in [0, 0.05) is 31.0 Å². The number of nitrogens with zero attached hydrogens (tertiary/aromatic N) is 2. The summed E-state index contributed by atoms with van der Waals surface area (Å²) in [7, 11) is 2.17. The van der Waals surface area contributed by atoms with Gasteiger partial charge in [0.2, 0.25) is 0 Å². The Labute approximate surface area is 79.1 Å². The van der Waals surface area contributed by atoms with Gasteiger partial charge in [-0.05, 0) is 32.1 Å². The van der Waals surface area contributed by atoms with Crippen LogP contribution in [0.2, 0.25) is 0 Å². The maximum absolute atomic E-state index is 5.66. The van der Waals surface area contributed by atoms with E-state index in [2.05, 4.69) is 34.8 Å². The van der Waals surface area contributed by atoms with Gasteiger partial charge in [-0.15, -0.1) is 0 Å². The molecular weight excluding hydrogens is 162 g/mol. The molecule has 0 bridgehead atoms. The minimum atomic E-state index is 0.638. The normalized spacial score (nSPS) is 24.0. The van der Waals surface area contributed by atoms with E-state index in [1.54, 1.807) is 0 Å². The molecule has 1 fully saturated rings. The van der Waals surface area contributed by atoms with E-state index in [0.29, 0.717) is 12.6 Å². The van der Waals surface area contributed by atoms with Crippen molar-refractivity contribution in [3.8, 4) is 0 Å². The molecule has 2 heterocycles. The molecule has 2 N–H and O–H groups in total. The topological polar surface area (TPSA) is 34.2 Å². The van der Waals surface area contributed by atoms with Crippen LogP contribution in [0.25, 0.3) is 0 Å². The molecule has 1 unspecified atom stereocenters. The summed E-state index contributed by atoms with van der Waals surface area (Å²) in [4.78, 5) is 2.37. The first kappa shape index (κ1) is 8.78. The molecule has 1 aliphatic rings. The van der Waals surface area contributed by atoms with E-state index in [1.807, 2.05) is 0 Å². The van der Waals surface area contributed by atoms with Gasteiger partial charge in [0.05, 0.1) is 0 Å². The molecule has 1 aromatic heterocycles. The number of nitrogens with two attached hydrogens (primary N) is 1. The minimum Gasteiger partial charge on any atom is -0.346 e. The first-order valence-electron chi connectivity index (χ1n) is 4.85. The monoisotopic (exact) mass is 179 g/mol. The Kier molecular flexibility index (Phi) is 2.38. The first-order valence-corrected chi connectivity index (χ1v) is 4.85. The Balaban J connectivity index is 2.16. The van der Waals surface area contributed by atoms with Crippen molar-refractivity contribution in [1.82, 2.24) is 9.47 Å². The van der Waals surface area contributed by atoms with Crippen molar-refractivity contribution in [2.24, 2.45) is 5.73 Å². The van der Waals surface area contributed by atoms with Gasteiger partial charge in [0.15, 0.2) is 0 Å². The van der Waals surface area contributed by atoms with E-state index in [4.69, 9.17) is 5.73 Å². The fourth-order valence-corrected chi connectivity index (χ4v) is 2.10. The molecule has 3 heteroatoms. The molecule has 2 rings (SSSR count). The molecule has 0 amide bonds. The molecule has 13 heavy (non-hydrogen) atoms. The molecule has 1 aliphatic heterocycles. The Hall–Kier alpha value is -0.800. The van der Waals surface area contributed by atoms with Crippen LogP contribution < -0.4 is 5.73 Å². The van der Waals surface area contributed by atoms with Crippen LogP contribution in [0.4, 0.5) is 0 Å². The highest BCUT2D eigenvalue weighted by molar-refractivity contribution is 5.09. The highest BCUT2D eigenvalue weighted by Gasteiger charge is 2.21. The fourth-order valence-electron chi connectivity index (χ4n) is 2.10. The van der Waals surface area contributed by atoms with Gasteiger partial charge in [0.1, 0.15) is 0 Å². The van der Waals surface area contributed by atoms with Crippen molar-refractivity contribution in [3.63, 3.8) is 0 Å². The van der Waals surface area contributed by atoms with Crippen LogP contribution in [-0.4, -0.2) is 29.6 Å². The molecular formula is C10H17N3. The van der Waals surface area contributed by atoms with E-state index >= 15 is 0 Å². The molecule has 0 spiro atoms. The maximum Gasteiger partial charge on any atom is 0.0473 e. The molecule has 0 aliphatic carbocycles. The lowest BCUT2D eigenvalue weighted by Gasteiger charge is -2.15. The highest BCUT2D eigenvalue weighted by atomic mass is 15.2. The summed E-state index contributed by atoms with van der Waals surface area (Å²) in [5.41, 5.74) is 6.91. The van der Waals surface area contributed by atoms with Gasteiger partial charge < -0.3 is 15.2 Å². The smallest absolute Gasteiger partial charge is 0.0473 e. The zero-order valence-electron chi connectivity index (χ0n) is 8.11. The first-order chi connectivity index (χ1) is 6.31. The van der Waals surface area contributed by atoms with Gasteiger partial charge in [-0.1, -0.05) is 0 Å². The number of likely N-dealkylation sites (N-methyl/N-ethyl adjacent to an activating group) is 1. The van der Waals surface area contributed by atoms with E-state index < -0.39 is 0 Å². The number of hydrogen-bond donors (Lipinski definition) is 1. The molecule has 72 valence electrons. The predicted octanol–water partition coefficient (Wildman–Crippen LogP) is 0.823. The Morgan fingerprint density at radius 1 is 1.62 bits per heavy atom. The molecule has 3 nitrogen and oxygen atoms in total. The van der Waals surface area contributed by atoms with Crippen LogP contribution in [0, 0.1) is 0 Å². The Bertz CT molecular complexity index is 279. The average Bonchev–Trinajstić information content (AvgIpc) is 2.71. The molecule has 1 aromatic rings. The van der Waals surface area contributed by atoms with Crippen molar-refractivity contribution in [2.45, 2.75) is 19.0 Å². The lowest BCUT2D eigenvalue weighted by molar-refractivity contribution is 0.390. The van der Waals surface area contributed by atoms with E-state index in [1.165, 1.54) is 18.7 Å². The predicted molar refractivity (Wildman–Crippen MR) is 53.5 cm³/mol. The van der Waals surface area contributed by atoms with Gasteiger partial charge in [-0.2, -0.15) is 0 Å². The summed E-state index contributed by atoms with van der Waals surface area (Å²) < 4.78 is 2.32. The molecule has 0 saturated carbocycles. The third kappa shape index (κ3) is 1.62. The summed E-state index contributed by atoms with van der Waals surface area (Å²) in [5.74, 6) is 0. The Morgan fingerprint density at radius 2 is 2.46 bits per heavy atom. The van der Waals surface area contributed by atoms with Crippen LogP contribution in [0.3, 0.4) is 0 Å². The second-order valence-electron chi connectivity index (χ2n) is 3.82. The van der Waals surface area contributed by atoms with Crippen molar-refractivity contribution < 1.29 is 0 Å². The van der Waals surface area contributed by atoms with Gasteiger partial charge in [-0.25, -0.2) is 0 Å². The zero-order valence-corrected chi connectivity index (χ0v) is 8.11. The summed E-state index contributed by atoms with van der Waals surface area (Å²) in [6.45, 7) is 3.00. The van der Waals surface area contributed by atoms with Crippen molar-refractivity contribution in [1.29, 1.82) is 0 Å². The van der Waals surface area contributed by atoms with Crippen LogP contribution >= 0.6 is 0 Å². The van der Waals surface area contributed by atoms with Crippen LogP contribution in [0.15, 0.2) is 18.3 Å². The van der Waals surface area contributed by atoms with E-state index in [9.17, 15) is 0 Å². The summed E-state index contributed by atoms with van der Waals surface area (Å²) in [6.07, 6.45) is 3.39. The van der Waals surface area contributed by atoms with Crippen molar-refractivity contribution in [3.05, 3.63) is 24.0 Å². The lowest BCUT2D eigenvalue weighted by Crippen LogP contribution is -2.18. The summed E-state index contributed by atoms with van der Waals surface area (Å²) in [6, 6.07) is 4.83. The SMILES string of the molecule is CN1CCC(n2cccc2CN)C1. The summed E-state index contributed by atoms with van der Waals surface area (Å²) in [5, 5.41) is 0. The Morgan fingerprint density at radius 3 is 3.08 bits per heavy atom. The van der Waals surface area contributed by atoms with Crippen LogP contribution in [-0.2, 0) is 6.54 Å². The zero-order chi connectivity index (χ0) is 9.26. The highest BCUT2D eigenvalue weighted by Crippen LogP contribution is 2.22. The van der Waals surface area contributed by atoms with Gasteiger partial charge in [-0.3, -0.25) is 0 Å². The maximum atomic E-state index is 5.66. The fraction of sp³-hybridized carbons (Fsp3) is 0.600. The third-order valence-corrected chi connectivity index (χ3v) is 2.84. The third-order valence-electron chi connectivity index (χ3n) is 2.84. The van der Waals surface area contributed by atoms with Crippen LogP contribution in [0.1, 0.15) is 18.2 Å². The molecule has 1 atom stereocenters. The number of aromatic nitrogens is 1. The lowest BCUT2D eigenvalue weighted by atomic mass is 10.2. The average molecular weight is 179 g/mol. The minimum absolute atomic E-state index is 0.638. The second-order valence-corrected chi connectivity index (χ2v) is 3.82. The van der Waals surface area contributed by atoms with Gasteiger partial charge in [0.25, 0.3) is 0 Å². The largest absolute Gasteiger partial charge is 0.346 e. The number of hydrogen-bond acceptors (Lipinski definition) is 2. The van der Waals surface area contributed by atoms with Crippen LogP contribution in [0.5, 0.6) is 0 Å². The van der Waals surface area contributed by atoms with Crippen molar-refractivity contribution >= 4 is 0 Å². The molecule has 1 saturated heterocycles. The summed E-state index contributed by atoms with van der Waals surface area (Å²) >= 11 is 0.